The number of rotatable bonds is 12. The molecule has 41 heavy (non-hydrogen) atoms. The van der Waals surface area contributed by atoms with Crippen LogP contribution in [0.1, 0.15) is 12.5 Å². The van der Waals surface area contributed by atoms with E-state index in [0.717, 1.165) is 39.9 Å². The minimum atomic E-state index is -0.951. The van der Waals surface area contributed by atoms with Crippen LogP contribution >= 0.6 is 0 Å². The highest BCUT2D eigenvalue weighted by Gasteiger charge is 2.23. The van der Waals surface area contributed by atoms with Gasteiger partial charge < -0.3 is 34.6 Å². The number of aliphatic hydroxyl groups is 1. The van der Waals surface area contributed by atoms with Crippen molar-refractivity contribution in [2.75, 3.05) is 43.1 Å². The second-order valence-corrected chi connectivity index (χ2v) is 9.18. The minimum absolute atomic E-state index is 0.175. The number of nitrogens with zero attached hydrogens (tertiary/aromatic N) is 1. The molecular formula is C33H36N2O6. The van der Waals surface area contributed by atoms with Gasteiger partial charge in [-0.2, -0.15) is 0 Å². The van der Waals surface area contributed by atoms with Crippen LogP contribution in [0.15, 0.2) is 103 Å². The van der Waals surface area contributed by atoms with Gasteiger partial charge in [0, 0.05) is 25.3 Å². The Labute approximate surface area is 240 Å². The summed E-state index contributed by atoms with van der Waals surface area (Å²) in [5, 5.41) is 20.7. The van der Waals surface area contributed by atoms with Crippen molar-refractivity contribution < 1.29 is 29.2 Å². The highest BCUT2D eigenvalue weighted by molar-refractivity contribution is 5.77. The van der Waals surface area contributed by atoms with Gasteiger partial charge in [0.15, 0.2) is 17.6 Å². The Morgan fingerprint density at radius 1 is 0.878 bits per heavy atom. The topological polar surface area (TPSA) is 100 Å². The summed E-state index contributed by atoms with van der Waals surface area (Å²) in [7, 11) is 0. The summed E-state index contributed by atoms with van der Waals surface area (Å²) in [4.78, 5) is 13.5. The smallest absolute Gasteiger partial charge is 0.333 e. The van der Waals surface area contributed by atoms with Gasteiger partial charge in [-0.3, -0.25) is 0 Å². The summed E-state index contributed by atoms with van der Waals surface area (Å²) in [6.45, 7) is 4.09. The van der Waals surface area contributed by atoms with Crippen molar-refractivity contribution in [1.82, 2.24) is 0 Å². The molecule has 4 aromatic rings. The molecule has 5 rings (SSSR count). The van der Waals surface area contributed by atoms with Crippen molar-refractivity contribution in [2.45, 2.75) is 19.4 Å². The Kier molecular flexibility index (Phi) is 11.0. The van der Waals surface area contributed by atoms with Crippen LogP contribution in [0.2, 0.25) is 0 Å². The normalized spacial score (nSPS) is 12.1. The molecule has 0 amide bonds. The zero-order chi connectivity index (χ0) is 28.9. The minimum Gasteiger partial charge on any atom is -0.492 e. The van der Waals surface area contributed by atoms with Crippen LogP contribution in [0.25, 0.3) is 0 Å². The number of benzene rings is 4. The van der Waals surface area contributed by atoms with Crippen LogP contribution in [-0.2, 0) is 16.0 Å². The third-order valence-corrected chi connectivity index (χ3v) is 6.32. The van der Waals surface area contributed by atoms with E-state index in [9.17, 15) is 9.90 Å². The second-order valence-electron chi connectivity index (χ2n) is 9.18. The summed E-state index contributed by atoms with van der Waals surface area (Å²) < 4.78 is 17.3. The fourth-order valence-corrected chi connectivity index (χ4v) is 4.39. The highest BCUT2D eigenvalue weighted by Crippen LogP contribution is 2.45. The molecule has 0 spiro atoms. The van der Waals surface area contributed by atoms with E-state index in [4.69, 9.17) is 19.3 Å². The molecule has 0 aliphatic carbocycles. The lowest BCUT2D eigenvalue weighted by Gasteiger charge is -2.32. The number of hydrogen-bond donors (Lipinski definition) is 3. The third kappa shape index (κ3) is 8.48. The van der Waals surface area contributed by atoms with Crippen molar-refractivity contribution in [3.05, 3.63) is 109 Å². The molecule has 1 heterocycles. The molecule has 0 aromatic heterocycles. The van der Waals surface area contributed by atoms with E-state index in [2.05, 4.69) is 10.2 Å². The predicted molar refractivity (Wildman–Crippen MR) is 161 cm³/mol. The molecule has 214 valence electrons. The van der Waals surface area contributed by atoms with Crippen molar-refractivity contribution >= 4 is 23.0 Å². The van der Waals surface area contributed by atoms with Gasteiger partial charge in [-0.15, -0.1) is 0 Å². The van der Waals surface area contributed by atoms with E-state index in [0.29, 0.717) is 32.7 Å². The van der Waals surface area contributed by atoms with Gasteiger partial charge in [0.25, 0.3) is 0 Å². The number of para-hydroxylation sites is 5. The number of carboxylic acids is 1. The SMILES string of the molecule is CCOC(Cc1ccc(OCCN2c3ccccc3Oc3ccccc32)cc1)C(=O)O.OCCNc1ccccc1. The number of aliphatic hydroxyl groups excluding tert-OH is 1. The van der Waals surface area contributed by atoms with Gasteiger partial charge >= 0.3 is 5.97 Å². The summed E-state index contributed by atoms with van der Waals surface area (Å²) in [5.74, 6) is 1.44. The first-order valence-electron chi connectivity index (χ1n) is 13.7. The maximum absolute atomic E-state index is 11.3. The van der Waals surface area contributed by atoms with E-state index < -0.39 is 12.1 Å². The van der Waals surface area contributed by atoms with E-state index in [-0.39, 0.29) is 6.61 Å². The van der Waals surface area contributed by atoms with Crippen LogP contribution in [-0.4, -0.2) is 55.2 Å². The Bertz CT molecular complexity index is 1320. The molecule has 8 nitrogen and oxygen atoms in total. The summed E-state index contributed by atoms with van der Waals surface area (Å²) >= 11 is 0. The summed E-state index contributed by atoms with van der Waals surface area (Å²) in [5.41, 5.74) is 3.97. The molecule has 8 heteroatoms. The Morgan fingerprint density at radius 3 is 2.07 bits per heavy atom. The first-order chi connectivity index (χ1) is 20.1. The van der Waals surface area contributed by atoms with E-state index >= 15 is 0 Å². The molecule has 1 unspecified atom stereocenters. The molecule has 0 fully saturated rings. The van der Waals surface area contributed by atoms with Crippen LogP contribution < -0.4 is 19.7 Å². The fraction of sp³-hybridized carbons (Fsp3) is 0.242. The average Bonchev–Trinajstić information content (AvgIpc) is 3.01. The first kappa shape index (κ1) is 29.5. The summed E-state index contributed by atoms with van der Waals surface area (Å²) in [6.07, 6.45) is -0.511. The lowest BCUT2D eigenvalue weighted by atomic mass is 10.1. The monoisotopic (exact) mass is 556 g/mol. The van der Waals surface area contributed by atoms with Crippen LogP contribution in [0.4, 0.5) is 17.1 Å². The zero-order valence-corrected chi connectivity index (χ0v) is 23.1. The number of ether oxygens (including phenoxy) is 3. The zero-order valence-electron chi connectivity index (χ0n) is 23.1. The van der Waals surface area contributed by atoms with Gasteiger partial charge in [0.2, 0.25) is 0 Å². The Hall–Kier alpha value is -4.53. The standard InChI is InChI=1S/C25H25NO5.C8H11NO/c1-2-29-24(25(27)28)17-18-11-13-19(14-12-18)30-16-15-26-20-7-3-5-9-22(20)31-23-10-6-4-8-21(23)26;10-7-6-9-8-4-2-1-3-5-8/h3-14,24H,2,15-17H2,1H3,(H,27,28);1-5,9-10H,6-7H2. The number of hydrogen-bond acceptors (Lipinski definition) is 7. The van der Waals surface area contributed by atoms with Crippen LogP contribution in [0.5, 0.6) is 17.2 Å². The second kappa shape index (κ2) is 15.3. The van der Waals surface area contributed by atoms with Crippen molar-refractivity contribution in [1.29, 1.82) is 0 Å². The molecule has 4 aromatic carbocycles. The van der Waals surface area contributed by atoms with E-state index in [1.54, 1.807) is 6.92 Å². The maximum Gasteiger partial charge on any atom is 0.333 e. The number of fused-ring (bicyclic) bond motifs is 2. The largest absolute Gasteiger partial charge is 0.492 e. The number of nitrogens with one attached hydrogen (secondary N) is 1. The highest BCUT2D eigenvalue weighted by atomic mass is 16.5. The Balaban J connectivity index is 0.000000328. The molecule has 1 atom stereocenters. The molecule has 1 aliphatic heterocycles. The van der Waals surface area contributed by atoms with E-state index in [1.807, 2.05) is 103 Å². The average molecular weight is 557 g/mol. The van der Waals surface area contributed by atoms with Gasteiger partial charge in [-0.25, -0.2) is 4.79 Å². The number of aliphatic carboxylic acids is 1. The summed E-state index contributed by atoms with van der Waals surface area (Å²) in [6, 6.07) is 33.2. The molecule has 1 aliphatic rings. The molecular weight excluding hydrogens is 520 g/mol. The Morgan fingerprint density at radius 2 is 1.49 bits per heavy atom. The number of anilines is 3. The van der Waals surface area contributed by atoms with Crippen LogP contribution in [0.3, 0.4) is 0 Å². The molecule has 0 saturated carbocycles. The number of carboxylic acid groups (broad SMARTS) is 1. The van der Waals surface area contributed by atoms with Gasteiger partial charge in [-0.1, -0.05) is 54.6 Å². The van der Waals surface area contributed by atoms with Gasteiger partial charge in [0.05, 0.1) is 24.5 Å². The fourth-order valence-electron chi connectivity index (χ4n) is 4.39. The van der Waals surface area contributed by atoms with Crippen molar-refractivity contribution in [2.24, 2.45) is 0 Å². The molecule has 3 N–H and O–H groups in total. The quantitative estimate of drug-likeness (QED) is 0.192. The van der Waals surface area contributed by atoms with E-state index in [1.165, 1.54) is 0 Å². The number of carbonyl (C=O) groups is 1. The van der Waals surface area contributed by atoms with Crippen molar-refractivity contribution in [3.63, 3.8) is 0 Å². The van der Waals surface area contributed by atoms with Gasteiger partial charge in [-0.05, 0) is 61.0 Å². The lowest BCUT2D eigenvalue weighted by molar-refractivity contribution is -0.149. The lowest BCUT2D eigenvalue weighted by Crippen LogP contribution is -2.26. The third-order valence-electron chi connectivity index (χ3n) is 6.32. The van der Waals surface area contributed by atoms with Crippen molar-refractivity contribution in [3.8, 4) is 17.2 Å². The molecule has 0 radical (unpaired) electrons. The van der Waals surface area contributed by atoms with Gasteiger partial charge in [0.1, 0.15) is 12.4 Å². The molecule has 0 bridgehead atoms. The predicted octanol–water partition coefficient (Wildman–Crippen LogP) is 6.13. The molecule has 0 saturated heterocycles. The first-order valence-corrected chi connectivity index (χ1v) is 13.7. The van der Waals surface area contributed by atoms with Crippen LogP contribution in [0, 0.1) is 0 Å². The maximum atomic E-state index is 11.3.